The Labute approximate surface area is 197 Å². The first-order valence-electron chi connectivity index (χ1n) is 10.7. The van der Waals surface area contributed by atoms with Crippen LogP contribution in [-0.4, -0.2) is 30.0 Å². The molecule has 166 valence electrons. The maximum atomic E-state index is 12.8. The minimum absolute atomic E-state index is 0.176. The van der Waals surface area contributed by atoms with Crippen molar-refractivity contribution in [2.75, 3.05) is 13.2 Å². The van der Waals surface area contributed by atoms with E-state index in [9.17, 15) is 9.59 Å². The maximum absolute atomic E-state index is 12.8. The second-order valence-electron chi connectivity index (χ2n) is 7.44. The molecule has 1 amide bonds. The summed E-state index contributed by atoms with van der Waals surface area (Å²) in [5, 5.41) is 4.87. The highest BCUT2D eigenvalue weighted by Gasteiger charge is 2.23. The Bertz CT molecular complexity index is 1210. The molecule has 0 bridgehead atoms. The number of thiophene rings is 1. The third kappa shape index (κ3) is 5.54. The van der Waals surface area contributed by atoms with E-state index in [4.69, 9.17) is 4.74 Å². The monoisotopic (exact) mass is 456 g/mol. The summed E-state index contributed by atoms with van der Waals surface area (Å²) < 4.78 is 5.21. The van der Waals surface area contributed by atoms with Gasteiger partial charge in [-0.3, -0.25) is 14.6 Å². The highest BCUT2D eigenvalue weighted by Crippen LogP contribution is 2.28. The average Bonchev–Trinajstić information content (AvgIpc) is 3.36. The van der Waals surface area contributed by atoms with Crippen LogP contribution >= 0.6 is 11.3 Å². The van der Waals surface area contributed by atoms with Crippen molar-refractivity contribution in [3.8, 4) is 22.3 Å². The lowest BCUT2D eigenvalue weighted by atomic mass is 9.99. The first-order chi connectivity index (χ1) is 16.2. The standard InChI is InChI=1S/C27H24N2O3S/c1-2-32-27(31)24(22-6-4-3-5-7-22)17-29-26(30)25-16-23(18-33-25)20-10-8-19(9-11-20)21-12-14-28-15-13-21/h3-16,18,24H,2,17H2,1H3,(H,29,30)/t24-/m0/s1. The van der Waals surface area contributed by atoms with Crippen LogP contribution in [-0.2, 0) is 9.53 Å². The zero-order chi connectivity index (χ0) is 23.0. The number of aromatic nitrogens is 1. The van der Waals surface area contributed by atoms with Gasteiger partial charge in [0.15, 0.2) is 0 Å². The van der Waals surface area contributed by atoms with Crippen molar-refractivity contribution in [1.29, 1.82) is 0 Å². The normalized spacial score (nSPS) is 11.5. The van der Waals surface area contributed by atoms with Gasteiger partial charge in [-0.1, -0.05) is 54.6 Å². The Morgan fingerprint density at radius 3 is 2.21 bits per heavy atom. The average molecular weight is 457 g/mol. The van der Waals surface area contributed by atoms with Crippen molar-refractivity contribution in [3.63, 3.8) is 0 Å². The third-order valence-electron chi connectivity index (χ3n) is 5.29. The molecule has 0 saturated carbocycles. The van der Waals surface area contributed by atoms with Crippen molar-refractivity contribution in [1.82, 2.24) is 10.3 Å². The van der Waals surface area contributed by atoms with E-state index in [0.717, 1.165) is 27.8 Å². The Morgan fingerprint density at radius 2 is 1.55 bits per heavy atom. The lowest BCUT2D eigenvalue weighted by Gasteiger charge is -2.16. The van der Waals surface area contributed by atoms with Crippen LogP contribution in [0.3, 0.4) is 0 Å². The topological polar surface area (TPSA) is 68.3 Å². The molecule has 2 aromatic heterocycles. The van der Waals surface area contributed by atoms with Crippen molar-refractivity contribution < 1.29 is 14.3 Å². The van der Waals surface area contributed by atoms with Gasteiger partial charge in [-0.15, -0.1) is 11.3 Å². The van der Waals surface area contributed by atoms with E-state index in [2.05, 4.69) is 22.4 Å². The van der Waals surface area contributed by atoms with Crippen LogP contribution in [0.1, 0.15) is 28.1 Å². The van der Waals surface area contributed by atoms with E-state index in [1.54, 1.807) is 19.3 Å². The molecule has 4 aromatic rings. The van der Waals surface area contributed by atoms with Crippen molar-refractivity contribution >= 4 is 23.2 Å². The number of carbonyl (C=O) groups excluding carboxylic acids is 2. The summed E-state index contributed by atoms with van der Waals surface area (Å²) in [6, 6.07) is 23.4. The second-order valence-corrected chi connectivity index (χ2v) is 8.35. The molecule has 1 N–H and O–H groups in total. The van der Waals surface area contributed by atoms with Crippen molar-refractivity contribution in [2.24, 2.45) is 0 Å². The molecular weight excluding hydrogens is 432 g/mol. The fourth-order valence-corrected chi connectivity index (χ4v) is 4.39. The fraction of sp³-hybridized carbons (Fsp3) is 0.148. The molecule has 33 heavy (non-hydrogen) atoms. The Morgan fingerprint density at radius 1 is 0.909 bits per heavy atom. The van der Waals surface area contributed by atoms with Gasteiger partial charge in [0.2, 0.25) is 0 Å². The van der Waals surface area contributed by atoms with Crippen LogP contribution in [0.2, 0.25) is 0 Å². The highest BCUT2D eigenvalue weighted by molar-refractivity contribution is 7.12. The molecule has 0 unspecified atom stereocenters. The van der Waals surface area contributed by atoms with Crippen LogP contribution in [0, 0.1) is 0 Å². The van der Waals surface area contributed by atoms with Gasteiger partial charge in [0.05, 0.1) is 17.4 Å². The van der Waals surface area contributed by atoms with E-state index in [0.29, 0.717) is 11.5 Å². The SMILES string of the molecule is CCOC(=O)[C@@H](CNC(=O)c1cc(-c2ccc(-c3ccncc3)cc2)cs1)c1ccccc1. The van der Waals surface area contributed by atoms with Gasteiger partial charge in [-0.05, 0) is 58.3 Å². The highest BCUT2D eigenvalue weighted by atomic mass is 32.1. The summed E-state index contributed by atoms with van der Waals surface area (Å²) in [6.45, 7) is 2.25. The molecule has 0 fully saturated rings. The third-order valence-corrected chi connectivity index (χ3v) is 6.22. The van der Waals surface area contributed by atoms with Gasteiger partial charge in [-0.25, -0.2) is 0 Å². The molecule has 6 heteroatoms. The summed E-state index contributed by atoms with van der Waals surface area (Å²) in [6.07, 6.45) is 3.55. The molecule has 4 rings (SSSR count). The number of nitrogens with one attached hydrogen (secondary N) is 1. The number of carbonyl (C=O) groups is 2. The molecule has 0 aliphatic heterocycles. The van der Waals surface area contributed by atoms with Crippen LogP contribution in [0.4, 0.5) is 0 Å². The van der Waals surface area contributed by atoms with Gasteiger partial charge < -0.3 is 10.1 Å². The smallest absolute Gasteiger partial charge is 0.315 e. The predicted octanol–water partition coefficient (Wildman–Crippen LogP) is 5.55. The van der Waals surface area contributed by atoms with Crippen LogP contribution in [0.15, 0.2) is 90.6 Å². The van der Waals surface area contributed by atoms with E-state index >= 15 is 0 Å². The number of amides is 1. The summed E-state index contributed by atoms with van der Waals surface area (Å²) in [5.41, 5.74) is 5.06. The molecule has 2 aromatic carbocycles. The number of rotatable bonds is 8. The quantitative estimate of drug-likeness (QED) is 0.353. The molecule has 2 heterocycles. The molecule has 0 aliphatic carbocycles. The largest absolute Gasteiger partial charge is 0.465 e. The number of ether oxygens (including phenoxy) is 1. The molecule has 1 atom stereocenters. The minimum Gasteiger partial charge on any atom is -0.465 e. The molecular formula is C27H24N2O3S. The number of benzene rings is 2. The van der Waals surface area contributed by atoms with E-state index < -0.39 is 5.92 Å². The van der Waals surface area contributed by atoms with E-state index in [1.165, 1.54) is 11.3 Å². The van der Waals surface area contributed by atoms with Crippen molar-refractivity contribution in [2.45, 2.75) is 12.8 Å². The Balaban J connectivity index is 1.43. The number of nitrogens with zero attached hydrogens (tertiary/aromatic N) is 1. The Kier molecular flexibility index (Phi) is 7.27. The van der Waals surface area contributed by atoms with E-state index in [-0.39, 0.29) is 18.4 Å². The first kappa shape index (κ1) is 22.4. The molecule has 0 radical (unpaired) electrons. The van der Waals surface area contributed by atoms with Gasteiger partial charge in [-0.2, -0.15) is 0 Å². The fourth-order valence-electron chi connectivity index (χ4n) is 3.55. The molecule has 0 aliphatic rings. The van der Waals surface area contributed by atoms with Gasteiger partial charge in [0.1, 0.15) is 0 Å². The molecule has 0 spiro atoms. The first-order valence-corrected chi connectivity index (χ1v) is 11.6. The van der Waals surface area contributed by atoms with Gasteiger partial charge in [0, 0.05) is 18.9 Å². The minimum atomic E-state index is -0.546. The number of hydrogen-bond acceptors (Lipinski definition) is 5. The lowest BCUT2D eigenvalue weighted by Crippen LogP contribution is -2.32. The summed E-state index contributed by atoms with van der Waals surface area (Å²) in [7, 11) is 0. The molecule has 5 nitrogen and oxygen atoms in total. The zero-order valence-electron chi connectivity index (χ0n) is 18.2. The Hall–Kier alpha value is -3.77. The lowest BCUT2D eigenvalue weighted by molar-refractivity contribution is -0.144. The zero-order valence-corrected chi connectivity index (χ0v) is 19.0. The van der Waals surface area contributed by atoms with Gasteiger partial charge >= 0.3 is 5.97 Å². The van der Waals surface area contributed by atoms with Crippen LogP contribution in [0.25, 0.3) is 22.3 Å². The number of esters is 1. The van der Waals surface area contributed by atoms with Gasteiger partial charge in [0.25, 0.3) is 5.91 Å². The predicted molar refractivity (Wildman–Crippen MR) is 131 cm³/mol. The summed E-state index contributed by atoms with van der Waals surface area (Å²) in [4.78, 5) is 29.9. The number of pyridine rings is 1. The van der Waals surface area contributed by atoms with E-state index in [1.807, 2.05) is 66.0 Å². The summed E-state index contributed by atoms with van der Waals surface area (Å²) >= 11 is 1.38. The van der Waals surface area contributed by atoms with Crippen molar-refractivity contribution in [3.05, 3.63) is 101 Å². The van der Waals surface area contributed by atoms with Crippen LogP contribution in [0.5, 0.6) is 0 Å². The summed E-state index contributed by atoms with van der Waals surface area (Å²) in [5.74, 6) is -1.09. The van der Waals surface area contributed by atoms with Crippen LogP contribution < -0.4 is 5.32 Å². The second kappa shape index (κ2) is 10.7. The number of hydrogen-bond donors (Lipinski definition) is 1. The maximum Gasteiger partial charge on any atom is 0.315 e. The molecule has 0 saturated heterocycles.